The van der Waals surface area contributed by atoms with Gasteiger partial charge in [0.15, 0.2) is 9.84 Å². The number of carbonyl (C=O) groups excluding carboxylic acids is 1. The summed E-state index contributed by atoms with van der Waals surface area (Å²) in [5, 5.41) is 6.76. The van der Waals surface area contributed by atoms with Crippen LogP contribution in [-0.4, -0.2) is 52.0 Å². The average molecular weight is 368 g/mol. The van der Waals surface area contributed by atoms with Crippen LogP contribution in [0.1, 0.15) is 46.9 Å². The van der Waals surface area contributed by atoms with Gasteiger partial charge in [-0.3, -0.25) is 9.48 Å². The minimum atomic E-state index is -3.18. The van der Waals surface area contributed by atoms with Gasteiger partial charge in [-0.15, -0.1) is 11.3 Å². The summed E-state index contributed by atoms with van der Waals surface area (Å²) in [5.41, 5.74) is 1.12. The smallest absolute Gasteiger partial charge is 0.273 e. The van der Waals surface area contributed by atoms with Gasteiger partial charge < -0.3 is 4.90 Å². The van der Waals surface area contributed by atoms with Crippen molar-refractivity contribution in [2.24, 2.45) is 7.05 Å². The van der Waals surface area contributed by atoms with Gasteiger partial charge in [-0.1, -0.05) is 13.8 Å². The topological polar surface area (TPSA) is 85.2 Å². The lowest BCUT2D eigenvalue weighted by molar-refractivity contribution is 0.0692. The second-order valence-corrected chi connectivity index (χ2v) is 9.42. The predicted octanol–water partition coefficient (Wildman–Crippen LogP) is 1.61. The molecular weight excluding hydrogens is 348 g/mol. The molecule has 130 valence electrons. The molecule has 3 rings (SSSR count). The number of hydrogen-bond donors (Lipinski definition) is 0. The number of hydrogen-bond acceptors (Lipinski definition) is 6. The first-order valence-corrected chi connectivity index (χ1v) is 10.4. The van der Waals surface area contributed by atoms with Crippen LogP contribution in [0.4, 0.5) is 0 Å². The summed E-state index contributed by atoms with van der Waals surface area (Å²) in [7, 11) is -1.41. The third-order valence-electron chi connectivity index (χ3n) is 4.04. The second-order valence-electron chi connectivity index (χ2n) is 6.30. The van der Waals surface area contributed by atoms with Crippen LogP contribution in [0.5, 0.6) is 0 Å². The van der Waals surface area contributed by atoms with Crippen molar-refractivity contribution >= 4 is 27.1 Å². The van der Waals surface area contributed by atoms with Gasteiger partial charge in [0.25, 0.3) is 5.91 Å². The number of sulfone groups is 1. The molecule has 2 aromatic heterocycles. The van der Waals surface area contributed by atoms with Crippen molar-refractivity contribution in [2.75, 3.05) is 18.1 Å². The van der Waals surface area contributed by atoms with Crippen molar-refractivity contribution in [3.8, 4) is 0 Å². The van der Waals surface area contributed by atoms with Crippen LogP contribution in [0.25, 0.3) is 0 Å². The van der Waals surface area contributed by atoms with Crippen molar-refractivity contribution in [1.29, 1.82) is 0 Å². The number of aryl methyl sites for hydroxylation is 1. The fraction of sp³-hybridized carbons (Fsp3) is 0.533. The van der Waals surface area contributed by atoms with Gasteiger partial charge in [-0.25, -0.2) is 13.4 Å². The summed E-state index contributed by atoms with van der Waals surface area (Å²) < 4.78 is 25.7. The molecule has 1 amide bonds. The number of amides is 1. The van der Waals surface area contributed by atoms with E-state index in [0.29, 0.717) is 5.69 Å². The molecule has 0 radical (unpaired) electrons. The quantitative estimate of drug-likeness (QED) is 0.822. The fourth-order valence-electron chi connectivity index (χ4n) is 2.74. The summed E-state index contributed by atoms with van der Waals surface area (Å²) in [5.74, 6) is -0.0586. The lowest BCUT2D eigenvalue weighted by atomic mass is 10.1. The highest BCUT2D eigenvalue weighted by Gasteiger charge is 2.36. The Hall–Kier alpha value is -1.74. The Balaban J connectivity index is 1.92. The third kappa shape index (κ3) is 3.36. The van der Waals surface area contributed by atoms with E-state index in [2.05, 4.69) is 10.1 Å². The molecule has 9 heteroatoms. The molecule has 1 aliphatic rings. The van der Waals surface area contributed by atoms with Crippen LogP contribution in [0.3, 0.4) is 0 Å². The average Bonchev–Trinajstić information content (AvgIpc) is 3.14. The molecule has 0 N–H and O–H groups in total. The molecule has 0 aliphatic carbocycles. The van der Waals surface area contributed by atoms with Crippen molar-refractivity contribution < 1.29 is 13.2 Å². The molecule has 0 saturated carbocycles. The van der Waals surface area contributed by atoms with Gasteiger partial charge in [0.1, 0.15) is 5.69 Å². The number of aromatic nitrogens is 3. The number of thiazole rings is 1. The summed E-state index contributed by atoms with van der Waals surface area (Å²) in [4.78, 5) is 18.9. The Kier molecular flexibility index (Phi) is 4.48. The molecule has 7 nitrogen and oxygen atoms in total. The largest absolute Gasteiger partial charge is 0.328 e. The molecule has 3 heterocycles. The van der Waals surface area contributed by atoms with E-state index in [1.54, 1.807) is 34.4 Å². The predicted molar refractivity (Wildman–Crippen MR) is 91.8 cm³/mol. The monoisotopic (exact) mass is 368 g/mol. The van der Waals surface area contributed by atoms with Crippen molar-refractivity contribution in [2.45, 2.75) is 25.8 Å². The maximum Gasteiger partial charge on any atom is 0.273 e. The zero-order valence-corrected chi connectivity index (χ0v) is 15.5. The van der Waals surface area contributed by atoms with Gasteiger partial charge in [0.2, 0.25) is 0 Å². The van der Waals surface area contributed by atoms with Gasteiger partial charge in [-0.2, -0.15) is 5.10 Å². The van der Waals surface area contributed by atoms with E-state index in [1.807, 2.05) is 13.8 Å². The molecule has 24 heavy (non-hydrogen) atoms. The molecule has 2 aromatic rings. The van der Waals surface area contributed by atoms with E-state index >= 15 is 0 Å². The zero-order valence-electron chi connectivity index (χ0n) is 13.8. The van der Waals surface area contributed by atoms with Crippen LogP contribution in [0, 0.1) is 0 Å². The van der Waals surface area contributed by atoms with Gasteiger partial charge in [-0.05, 0) is 0 Å². The normalized spacial score (nSPS) is 20.5. The zero-order chi connectivity index (χ0) is 17.5. The van der Waals surface area contributed by atoms with Crippen molar-refractivity contribution in [1.82, 2.24) is 19.7 Å². The maximum absolute atomic E-state index is 12.9. The third-order valence-corrected chi connectivity index (χ3v) is 6.81. The molecular formula is C15H20N4O3S2. The molecule has 1 aliphatic heterocycles. The van der Waals surface area contributed by atoms with Crippen molar-refractivity contribution in [3.63, 3.8) is 0 Å². The molecule has 0 bridgehead atoms. The molecule has 1 unspecified atom stereocenters. The molecule has 1 fully saturated rings. The molecule has 0 spiro atoms. The standard InChI is InChI=1S/C15H20N4O3S2/c1-10(2)14-17-12(8-23-14)15(20)19-4-5-24(21,22)9-13(19)11-6-16-18(3)7-11/h6-8,10,13H,4-5,9H2,1-3H3. The summed E-state index contributed by atoms with van der Waals surface area (Å²) in [6, 6.07) is -0.519. The Morgan fingerprint density at radius 3 is 2.75 bits per heavy atom. The maximum atomic E-state index is 12.9. The van der Waals surface area contributed by atoms with Gasteiger partial charge in [0.05, 0.1) is 28.8 Å². The van der Waals surface area contributed by atoms with E-state index < -0.39 is 15.9 Å². The van der Waals surface area contributed by atoms with Crippen LogP contribution in [-0.2, 0) is 16.9 Å². The van der Waals surface area contributed by atoms with E-state index in [9.17, 15) is 13.2 Å². The minimum absolute atomic E-state index is 0.0172. The first kappa shape index (κ1) is 17.1. The summed E-state index contributed by atoms with van der Waals surface area (Å²) in [6.07, 6.45) is 3.37. The molecule has 1 saturated heterocycles. The van der Waals surface area contributed by atoms with E-state index in [4.69, 9.17) is 0 Å². The molecule has 0 aromatic carbocycles. The highest BCUT2D eigenvalue weighted by molar-refractivity contribution is 7.91. The Bertz CT molecular complexity index is 854. The Morgan fingerprint density at radius 1 is 1.42 bits per heavy atom. The lowest BCUT2D eigenvalue weighted by Gasteiger charge is -2.34. The number of nitrogens with zero attached hydrogens (tertiary/aromatic N) is 4. The minimum Gasteiger partial charge on any atom is -0.328 e. The van der Waals surface area contributed by atoms with Crippen LogP contribution in [0.15, 0.2) is 17.8 Å². The summed E-state index contributed by atoms with van der Waals surface area (Å²) >= 11 is 1.46. The van der Waals surface area contributed by atoms with E-state index in [0.717, 1.165) is 10.6 Å². The fourth-order valence-corrected chi connectivity index (χ4v) is 5.04. The first-order chi connectivity index (χ1) is 11.3. The van der Waals surface area contributed by atoms with Gasteiger partial charge in [0, 0.05) is 36.7 Å². The molecule has 1 atom stereocenters. The van der Waals surface area contributed by atoms with E-state index in [1.165, 1.54) is 11.3 Å². The first-order valence-electron chi connectivity index (χ1n) is 7.72. The highest BCUT2D eigenvalue weighted by atomic mass is 32.2. The van der Waals surface area contributed by atoms with Crippen LogP contribution >= 0.6 is 11.3 Å². The highest BCUT2D eigenvalue weighted by Crippen LogP contribution is 2.29. The Labute approximate surface area is 145 Å². The summed E-state index contributed by atoms with van der Waals surface area (Å²) in [6.45, 7) is 4.23. The number of carbonyl (C=O) groups is 1. The van der Waals surface area contributed by atoms with Crippen LogP contribution < -0.4 is 0 Å². The lowest BCUT2D eigenvalue weighted by Crippen LogP contribution is -2.46. The van der Waals surface area contributed by atoms with Crippen LogP contribution in [0.2, 0.25) is 0 Å². The second kappa shape index (κ2) is 6.29. The van der Waals surface area contributed by atoms with E-state index in [-0.39, 0.29) is 29.9 Å². The number of rotatable bonds is 3. The SMILES string of the molecule is CC(C)c1nc(C(=O)N2CCS(=O)(=O)CC2c2cnn(C)c2)cs1. The van der Waals surface area contributed by atoms with Crippen molar-refractivity contribution in [3.05, 3.63) is 34.0 Å². The Morgan fingerprint density at radius 2 is 2.17 bits per heavy atom. The van der Waals surface area contributed by atoms with Gasteiger partial charge >= 0.3 is 0 Å².